The van der Waals surface area contributed by atoms with E-state index in [4.69, 9.17) is 9.72 Å². The third-order valence-corrected chi connectivity index (χ3v) is 6.14. The fraction of sp³-hybridized carbons (Fsp3) is 0.304. The van der Waals surface area contributed by atoms with Gasteiger partial charge in [-0.1, -0.05) is 6.07 Å². The van der Waals surface area contributed by atoms with Crippen LogP contribution in [0.1, 0.15) is 24.2 Å². The molecular formula is C23H23N7O. The minimum atomic E-state index is 0.382. The van der Waals surface area contributed by atoms with Crippen molar-refractivity contribution in [2.75, 3.05) is 23.4 Å². The average Bonchev–Trinajstić information content (AvgIpc) is 3.28. The average molecular weight is 413 g/mol. The Kier molecular flexibility index (Phi) is 4.31. The van der Waals surface area contributed by atoms with E-state index in [0.29, 0.717) is 12.0 Å². The summed E-state index contributed by atoms with van der Waals surface area (Å²) in [6.45, 7) is 4.38. The fourth-order valence-corrected chi connectivity index (χ4v) is 4.49. The maximum absolute atomic E-state index is 5.59. The van der Waals surface area contributed by atoms with Gasteiger partial charge in [0.2, 0.25) is 5.95 Å². The minimum Gasteiger partial charge on any atom is -0.381 e. The fourth-order valence-electron chi connectivity index (χ4n) is 4.49. The molecule has 8 heteroatoms. The van der Waals surface area contributed by atoms with Crippen molar-refractivity contribution in [1.82, 2.24) is 24.5 Å². The van der Waals surface area contributed by atoms with Crippen LogP contribution < -0.4 is 10.2 Å². The van der Waals surface area contributed by atoms with Gasteiger partial charge in [0.25, 0.3) is 0 Å². The summed E-state index contributed by atoms with van der Waals surface area (Å²) in [5.41, 5.74) is 4.00. The largest absolute Gasteiger partial charge is 0.381 e. The Morgan fingerprint density at radius 2 is 2.00 bits per heavy atom. The highest BCUT2D eigenvalue weighted by Gasteiger charge is 2.31. The molecule has 4 aromatic rings. The third kappa shape index (κ3) is 3.19. The lowest BCUT2D eigenvalue weighted by molar-refractivity contribution is 0.0836. The van der Waals surface area contributed by atoms with E-state index < -0.39 is 0 Å². The molecule has 156 valence electrons. The molecule has 1 saturated heterocycles. The highest BCUT2D eigenvalue weighted by molar-refractivity contribution is 5.84. The highest BCUT2D eigenvalue weighted by atomic mass is 16.5. The van der Waals surface area contributed by atoms with Crippen LogP contribution >= 0.6 is 0 Å². The molecule has 1 fully saturated rings. The molecule has 3 aromatic heterocycles. The van der Waals surface area contributed by atoms with E-state index >= 15 is 0 Å². The Morgan fingerprint density at radius 1 is 1.10 bits per heavy atom. The van der Waals surface area contributed by atoms with Crippen LogP contribution in [0, 0.1) is 6.92 Å². The van der Waals surface area contributed by atoms with Gasteiger partial charge >= 0.3 is 0 Å². The SMILES string of the molecule is Cc1cc2cccnc2cc1Nc1ncc2c(n1)N(C1CCOCC1)Cc1nccn1-2. The quantitative estimate of drug-likeness (QED) is 0.548. The van der Waals surface area contributed by atoms with Gasteiger partial charge in [0.15, 0.2) is 5.82 Å². The van der Waals surface area contributed by atoms with Crippen molar-refractivity contribution in [2.24, 2.45) is 0 Å². The number of aryl methyl sites for hydroxylation is 1. The van der Waals surface area contributed by atoms with Crippen LogP contribution in [-0.2, 0) is 11.3 Å². The van der Waals surface area contributed by atoms with Gasteiger partial charge in [-0.05, 0) is 43.5 Å². The van der Waals surface area contributed by atoms with Crippen LogP contribution in [0.2, 0.25) is 0 Å². The van der Waals surface area contributed by atoms with Crippen molar-refractivity contribution in [3.8, 4) is 5.69 Å². The number of imidazole rings is 1. The molecule has 1 N–H and O–H groups in total. The Bertz CT molecular complexity index is 1260. The van der Waals surface area contributed by atoms with Crippen molar-refractivity contribution in [3.63, 3.8) is 0 Å². The zero-order valence-corrected chi connectivity index (χ0v) is 17.3. The molecule has 0 spiro atoms. The first-order valence-electron chi connectivity index (χ1n) is 10.6. The second kappa shape index (κ2) is 7.31. The van der Waals surface area contributed by atoms with E-state index in [1.807, 2.05) is 30.9 Å². The first-order valence-corrected chi connectivity index (χ1v) is 10.6. The molecule has 2 aliphatic rings. The molecule has 0 aliphatic carbocycles. The molecule has 0 bridgehead atoms. The predicted octanol–water partition coefficient (Wildman–Crippen LogP) is 3.76. The number of pyridine rings is 1. The van der Waals surface area contributed by atoms with Gasteiger partial charge in [0.1, 0.15) is 11.5 Å². The summed E-state index contributed by atoms with van der Waals surface area (Å²) in [4.78, 5) is 21.0. The van der Waals surface area contributed by atoms with Crippen molar-refractivity contribution < 1.29 is 4.74 Å². The molecule has 6 rings (SSSR count). The molecule has 1 aromatic carbocycles. The van der Waals surface area contributed by atoms with Crippen LogP contribution in [0.15, 0.2) is 49.1 Å². The van der Waals surface area contributed by atoms with Gasteiger partial charge < -0.3 is 15.0 Å². The normalized spacial score (nSPS) is 16.2. The Balaban J connectivity index is 1.39. The molecule has 0 saturated carbocycles. The lowest BCUT2D eigenvalue weighted by Crippen LogP contribution is -2.42. The number of nitrogens with one attached hydrogen (secondary N) is 1. The van der Waals surface area contributed by atoms with Crippen LogP contribution in [0.3, 0.4) is 0 Å². The van der Waals surface area contributed by atoms with Crippen molar-refractivity contribution in [2.45, 2.75) is 32.4 Å². The van der Waals surface area contributed by atoms with Crippen molar-refractivity contribution in [3.05, 3.63) is 60.4 Å². The molecule has 0 radical (unpaired) electrons. The molecule has 0 atom stereocenters. The summed E-state index contributed by atoms with van der Waals surface area (Å²) in [7, 11) is 0. The lowest BCUT2D eigenvalue weighted by atomic mass is 10.1. The van der Waals surface area contributed by atoms with E-state index in [2.05, 4.69) is 54.9 Å². The first-order chi connectivity index (χ1) is 15.3. The Hall–Kier alpha value is -3.52. The van der Waals surface area contributed by atoms with Crippen LogP contribution in [-0.4, -0.2) is 43.8 Å². The van der Waals surface area contributed by atoms with Crippen LogP contribution in [0.4, 0.5) is 17.5 Å². The van der Waals surface area contributed by atoms with Gasteiger partial charge in [0.05, 0.1) is 18.3 Å². The number of hydrogen-bond donors (Lipinski definition) is 1. The van der Waals surface area contributed by atoms with Crippen molar-refractivity contribution >= 4 is 28.4 Å². The molecular weight excluding hydrogens is 390 g/mol. The number of ether oxygens (including phenoxy) is 1. The maximum atomic E-state index is 5.59. The zero-order valence-electron chi connectivity index (χ0n) is 17.3. The Labute approximate surface area is 179 Å². The van der Waals surface area contributed by atoms with Crippen molar-refractivity contribution in [1.29, 1.82) is 0 Å². The van der Waals surface area contributed by atoms with E-state index in [1.54, 1.807) is 0 Å². The number of nitrogens with zero attached hydrogens (tertiary/aromatic N) is 6. The smallest absolute Gasteiger partial charge is 0.229 e. The summed E-state index contributed by atoms with van der Waals surface area (Å²) in [5, 5.41) is 4.54. The summed E-state index contributed by atoms with van der Waals surface area (Å²) in [6.07, 6.45) is 9.49. The number of aromatic nitrogens is 5. The summed E-state index contributed by atoms with van der Waals surface area (Å²) >= 11 is 0. The number of benzene rings is 1. The van der Waals surface area contributed by atoms with E-state index in [1.165, 1.54) is 0 Å². The topological polar surface area (TPSA) is 81.0 Å². The zero-order chi connectivity index (χ0) is 20.8. The molecule has 8 nitrogen and oxygen atoms in total. The summed E-state index contributed by atoms with van der Waals surface area (Å²) in [5.74, 6) is 2.53. The number of rotatable bonds is 3. The summed E-state index contributed by atoms with van der Waals surface area (Å²) < 4.78 is 7.67. The first kappa shape index (κ1) is 18.3. The molecule has 2 aliphatic heterocycles. The standard InChI is InChI=1S/C23H23N7O/c1-15-11-16-3-2-6-24-19(16)12-18(15)27-23-26-13-20-22(28-23)30(17-4-9-31-10-5-17)14-21-25-7-8-29(20)21/h2-3,6-8,11-13,17H,4-5,9-10,14H2,1H3,(H,26,27,28). The monoisotopic (exact) mass is 413 g/mol. The van der Waals surface area contributed by atoms with Gasteiger partial charge in [-0.15, -0.1) is 0 Å². The van der Waals surface area contributed by atoms with E-state index in [0.717, 1.165) is 72.1 Å². The second-order valence-corrected chi connectivity index (χ2v) is 8.08. The molecule has 0 amide bonds. The number of anilines is 3. The van der Waals surface area contributed by atoms with E-state index in [9.17, 15) is 0 Å². The van der Waals surface area contributed by atoms with Crippen LogP contribution in [0.5, 0.6) is 0 Å². The molecule has 31 heavy (non-hydrogen) atoms. The minimum absolute atomic E-state index is 0.382. The van der Waals surface area contributed by atoms with Gasteiger partial charge in [-0.2, -0.15) is 4.98 Å². The number of hydrogen-bond acceptors (Lipinski definition) is 7. The Morgan fingerprint density at radius 3 is 2.90 bits per heavy atom. The predicted molar refractivity (Wildman–Crippen MR) is 119 cm³/mol. The molecule has 0 unspecified atom stereocenters. The maximum Gasteiger partial charge on any atom is 0.229 e. The van der Waals surface area contributed by atoms with Gasteiger partial charge in [-0.3, -0.25) is 9.55 Å². The summed E-state index contributed by atoms with van der Waals surface area (Å²) in [6, 6.07) is 8.60. The second-order valence-electron chi connectivity index (χ2n) is 8.08. The van der Waals surface area contributed by atoms with E-state index in [-0.39, 0.29) is 0 Å². The third-order valence-electron chi connectivity index (χ3n) is 6.14. The van der Waals surface area contributed by atoms with Crippen LogP contribution in [0.25, 0.3) is 16.6 Å². The highest BCUT2D eigenvalue weighted by Crippen LogP contribution is 2.34. The lowest BCUT2D eigenvalue weighted by Gasteiger charge is -2.38. The number of fused-ring (bicyclic) bond motifs is 4. The van der Waals surface area contributed by atoms with Gasteiger partial charge in [0, 0.05) is 48.9 Å². The van der Waals surface area contributed by atoms with Gasteiger partial charge in [-0.25, -0.2) is 9.97 Å². The molecule has 5 heterocycles.